The van der Waals surface area contributed by atoms with Crippen molar-refractivity contribution in [3.8, 4) is 0 Å². The van der Waals surface area contributed by atoms with E-state index in [4.69, 9.17) is 0 Å². The van der Waals surface area contributed by atoms with Crippen LogP contribution >= 0.6 is 0 Å². The summed E-state index contributed by atoms with van der Waals surface area (Å²) in [5.41, 5.74) is -0.0327. The molecule has 1 N–H and O–H groups in total. The van der Waals surface area contributed by atoms with Crippen molar-refractivity contribution in [2.24, 2.45) is 0 Å². The second kappa shape index (κ2) is 5.53. The molecule has 0 spiro atoms. The Balaban J connectivity index is 2.00. The molecule has 2 rings (SSSR count). The molecular formula is C15H21NO2. The second-order valence-corrected chi connectivity index (χ2v) is 5.24. The summed E-state index contributed by atoms with van der Waals surface area (Å²) >= 11 is 0. The van der Waals surface area contributed by atoms with E-state index >= 15 is 0 Å². The molecule has 1 aromatic carbocycles. The molecule has 0 unspecified atom stereocenters. The van der Waals surface area contributed by atoms with E-state index in [0.29, 0.717) is 19.4 Å². The largest absolute Gasteiger partial charge is 0.380 e. The lowest BCUT2D eigenvalue weighted by molar-refractivity contribution is -0.153. The SMILES string of the molecule is CN(Cc1ccccc1)C(=O)C1(O)CCCCC1. The Labute approximate surface area is 108 Å². The Hall–Kier alpha value is -1.35. The van der Waals surface area contributed by atoms with Crippen LogP contribution in [0.3, 0.4) is 0 Å². The zero-order valence-corrected chi connectivity index (χ0v) is 10.9. The van der Waals surface area contributed by atoms with Crippen molar-refractivity contribution in [1.29, 1.82) is 0 Å². The lowest BCUT2D eigenvalue weighted by atomic mass is 9.84. The first-order chi connectivity index (χ1) is 8.62. The molecule has 18 heavy (non-hydrogen) atoms. The quantitative estimate of drug-likeness (QED) is 0.890. The number of carbonyl (C=O) groups excluding carboxylic acids is 1. The Kier molecular flexibility index (Phi) is 4.02. The van der Waals surface area contributed by atoms with Crippen LogP contribution in [0.4, 0.5) is 0 Å². The number of nitrogens with zero attached hydrogens (tertiary/aromatic N) is 1. The number of hydrogen-bond donors (Lipinski definition) is 1. The van der Waals surface area contributed by atoms with Crippen LogP contribution in [0.2, 0.25) is 0 Å². The van der Waals surface area contributed by atoms with Gasteiger partial charge >= 0.3 is 0 Å². The zero-order valence-electron chi connectivity index (χ0n) is 10.9. The molecule has 0 saturated heterocycles. The summed E-state index contributed by atoms with van der Waals surface area (Å²) in [5.74, 6) is -0.133. The highest BCUT2D eigenvalue weighted by Crippen LogP contribution is 2.29. The van der Waals surface area contributed by atoms with Gasteiger partial charge in [0.25, 0.3) is 5.91 Å². The van der Waals surface area contributed by atoms with Gasteiger partial charge in [-0.15, -0.1) is 0 Å². The van der Waals surface area contributed by atoms with Crippen LogP contribution in [0.25, 0.3) is 0 Å². The highest BCUT2D eigenvalue weighted by molar-refractivity contribution is 5.84. The van der Waals surface area contributed by atoms with Crippen molar-refractivity contribution >= 4 is 5.91 Å². The Bertz CT molecular complexity index is 396. The number of amides is 1. The molecule has 0 aromatic heterocycles. The van der Waals surface area contributed by atoms with E-state index in [0.717, 1.165) is 24.8 Å². The molecule has 0 radical (unpaired) electrons. The van der Waals surface area contributed by atoms with Gasteiger partial charge in [0.2, 0.25) is 0 Å². The van der Waals surface area contributed by atoms with Crippen molar-refractivity contribution in [1.82, 2.24) is 4.90 Å². The number of carbonyl (C=O) groups is 1. The van der Waals surface area contributed by atoms with Gasteiger partial charge in [-0.25, -0.2) is 0 Å². The van der Waals surface area contributed by atoms with Crippen molar-refractivity contribution in [3.05, 3.63) is 35.9 Å². The fourth-order valence-electron chi connectivity index (χ4n) is 2.63. The number of aliphatic hydroxyl groups is 1. The third-order valence-corrected chi connectivity index (χ3v) is 3.69. The van der Waals surface area contributed by atoms with E-state index in [1.807, 2.05) is 30.3 Å². The molecule has 1 aromatic rings. The zero-order chi connectivity index (χ0) is 13.0. The third kappa shape index (κ3) is 2.91. The van der Waals surface area contributed by atoms with Gasteiger partial charge in [-0.3, -0.25) is 4.79 Å². The highest BCUT2D eigenvalue weighted by atomic mass is 16.3. The molecule has 3 heteroatoms. The third-order valence-electron chi connectivity index (χ3n) is 3.69. The molecule has 1 saturated carbocycles. The predicted molar refractivity (Wildman–Crippen MR) is 71.0 cm³/mol. The summed E-state index contributed by atoms with van der Waals surface area (Å²) in [7, 11) is 1.77. The maximum Gasteiger partial charge on any atom is 0.254 e. The minimum absolute atomic E-state index is 0.133. The Morgan fingerprint density at radius 2 is 1.83 bits per heavy atom. The maximum atomic E-state index is 12.3. The first-order valence-electron chi connectivity index (χ1n) is 6.64. The normalized spacial score (nSPS) is 18.3. The van der Waals surface area contributed by atoms with Crippen LogP contribution in [0.1, 0.15) is 37.7 Å². The standard InChI is InChI=1S/C15H21NO2/c1-16(12-13-8-4-2-5-9-13)14(17)15(18)10-6-3-7-11-15/h2,4-5,8-9,18H,3,6-7,10-12H2,1H3. The van der Waals surface area contributed by atoms with Gasteiger partial charge in [0.05, 0.1) is 0 Å². The summed E-state index contributed by atoms with van der Waals surface area (Å²) in [6.45, 7) is 0.558. The van der Waals surface area contributed by atoms with Gasteiger partial charge in [-0.1, -0.05) is 49.6 Å². The van der Waals surface area contributed by atoms with Crippen LogP contribution in [-0.4, -0.2) is 28.6 Å². The first-order valence-corrected chi connectivity index (χ1v) is 6.64. The minimum Gasteiger partial charge on any atom is -0.380 e. The van der Waals surface area contributed by atoms with E-state index < -0.39 is 5.60 Å². The van der Waals surface area contributed by atoms with E-state index in [-0.39, 0.29) is 5.91 Å². The molecule has 1 aliphatic carbocycles. The van der Waals surface area contributed by atoms with E-state index in [1.165, 1.54) is 0 Å². The van der Waals surface area contributed by atoms with Crippen LogP contribution in [0.5, 0.6) is 0 Å². The Morgan fingerprint density at radius 3 is 2.44 bits per heavy atom. The summed E-state index contributed by atoms with van der Waals surface area (Å²) in [6, 6.07) is 9.87. The monoisotopic (exact) mass is 247 g/mol. The summed E-state index contributed by atoms with van der Waals surface area (Å²) < 4.78 is 0. The maximum absolute atomic E-state index is 12.3. The lowest BCUT2D eigenvalue weighted by Crippen LogP contribution is -2.48. The highest BCUT2D eigenvalue weighted by Gasteiger charge is 2.38. The number of benzene rings is 1. The summed E-state index contributed by atoms with van der Waals surface area (Å²) in [5, 5.41) is 10.4. The minimum atomic E-state index is -1.12. The molecule has 0 heterocycles. The molecule has 0 atom stereocenters. The second-order valence-electron chi connectivity index (χ2n) is 5.24. The van der Waals surface area contributed by atoms with Crippen LogP contribution in [0.15, 0.2) is 30.3 Å². The smallest absolute Gasteiger partial charge is 0.254 e. The molecule has 0 aliphatic heterocycles. The molecule has 98 valence electrons. The van der Waals surface area contributed by atoms with Gasteiger partial charge in [-0.2, -0.15) is 0 Å². The Morgan fingerprint density at radius 1 is 1.22 bits per heavy atom. The van der Waals surface area contributed by atoms with Gasteiger partial charge in [0.1, 0.15) is 5.60 Å². The summed E-state index contributed by atoms with van der Waals surface area (Å²) in [4.78, 5) is 13.9. The first kappa shape index (κ1) is 13.1. The van der Waals surface area contributed by atoms with Crippen molar-refractivity contribution in [2.75, 3.05) is 7.05 Å². The van der Waals surface area contributed by atoms with Gasteiger partial charge in [0.15, 0.2) is 0 Å². The van der Waals surface area contributed by atoms with Crippen LogP contribution in [0, 0.1) is 0 Å². The van der Waals surface area contributed by atoms with Crippen LogP contribution < -0.4 is 0 Å². The number of rotatable bonds is 3. The average molecular weight is 247 g/mol. The van der Waals surface area contributed by atoms with E-state index in [1.54, 1.807) is 11.9 Å². The van der Waals surface area contributed by atoms with Gasteiger partial charge in [-0.05, 0) is 18.4 Å². The predicted octanol–water partition coefficient (Wildman–Crippen LogP) is 2.34. The van der Waals surface area contributed by atoms with Gasteiger partial charge < -0.3 is 10.0 Å². The summed E-state index contributed by atoms with van der Waals surface area (Å²) in [6.07, 6.45) is 4.22. The topological polar surface area (TPSA) is 40.5 Å². The molecule has 1 aliphatic rings. The fourth-order valence-corrected chi connectivity index (χ4v) is 2.63. The lowest BCUT2D eigenvalue weighted by Gasteiger charge is -2.34. The number of hydrogen-bond acceptors (Lipinski definition) is 2. The van der Waals surface area contributed by atoms with E-state index in [2.05, 4.69) is 0 Å². The number of likely N-dealkylation sites (N-methyl/N-ethyl adjacent to an activating group) is 1. The fraction of sp³-hybridized carbons (Fsp3) is 0.533. The average Bonchev–Trinajstić information content (AvgIpc) is 2.40. The van der Waals surface area contributed by atoms with Crippen molar-refractivity contribution < 1.29 is 9.90 Å². The van der Waals surface area contributed by atoms with E-state index in [9.17, 15) is 9.90 Å². The molecular weight excluding hydrogens is 226 g/mol. The molecule has 0 bridgehead atoms. The molecule has 1 fully saturated rings. The van der Waals surface area contributed by atoms with Crippen molar-refractivity contribution in [3.63, 3.8) is 0 Å². The van der Waals surface area contributed by atoms with Gasteiger partial charge in [0, 0.05) is 13.6 Å². The molecule has 1 amide bonds. The molecule has 3 nitrogen and oxygen atoms in total. The van der Waals surface area contributed by atoms with Crippen molar-refractivity contribution in [2.45, 2.75) is 44.2 Å². The van der Waals surface area contributed by atoms with Crippen LogP contribution in [-0.2, 0) is 11.3 Å².